The lowest BCUT2D eigenvalue weighted by molar-refractivity contribution is -0.131. The third-order valence-electron chi connectivity index (χ3n) is 4.13. The number of rotatable bonds is 3. The van der Waals surface area contributed by atoms with Gasteiger partial charge >= 0.3 is 0 Å². The lowest BCUT2D eigenvalue weighted by Crippen LogP contribution is -2.52. The minimum absolute atomic E-state index is 0.0542. The fourth-order valence-electron chi connectivity index (χ4n) is 2.76. The first-order chi connectivity index (χ1) is 10.0. The lowest BCUT2D eigenvalue weighted by atomic mass is 9.92. The molecule has 6 heteroatoms. The van der Waals surface area contributed by atoms with E-state index >= 15 is 0 Å². The first kappa shape index (κ1) is 15.1. The normalized spacial score (nSPS) is 21.7. The molecule has 0 aromatic carbocycles. The maximum atomic E-state index is 11.9. The summed E-state index contributed by atoms with van der Waals surface area (Å²) in [6, 6.07) is 5.69. The van der Waals surface area contributed by atoms with E-state index in [4.69, 9.17) is 11.0 Å². The predicted molar refractivity (Wildman–Crippen MR) is 81.4 cm³/mol. The predicted octanol–water partition coefficient (Wildman–Crippen LogP) is 1.25. The summed E-state index contributed by atoms with van der Waals surface area (Å²) in [5, 5.41) is 8.67. The van der Waals surface area contributed by atoms with Crippen LogP contribution in [0.1, 0.15) is 19.8 Å². The van der Waals surface area contributed by atoms with Crippen molar-refractivity contribution in [2.45, 2.75) is 25.8 Å². The number of nitriles is 1. The number of likely N-dealkylation sites (tertiary alicyclic amines) is 1. The molecule has 112 valence electrons. The first-order valence-corrected chi connectivity index (χ1v) is 7.12. The van der Waals surface area contributed by atoms with Crippen LogP contribution in [0.4, 0.5) is 11.5 Å². The molecule has 2 heterocycles. The third-order valence-corrected chi connectivity index (χ3v) is 4.13. The highest BCUT2D eigenvalue weighted by molar-refractivity contribution is 5.78. The number of nitrogens with zero attached hydrogens (tertiary/aromatic N) is 4. The summed E-state index contributed by atoms with van der Waals surface area (Å²) in [7, 11) is 1.97. The van der Waals surface area contributed by atoms with E-state index in [1.807, 2.05) is 19.2 Å². The van der Waals surface area contributed by atoms with Crippen molar-refractivity contribution in [1.29, 1.82) is 5.26 Å². The van der Waals surface area contributed by atoms with Gasteiger partial charge in [-0.2, -0.15) is 5.26 Å². The van der Waals surface area contributed by atoms with Crippen molar-refractivity contribution in [3.05, 3.63) is 18.3 Å². The maximum Gasteiger partial charge on any atom is 0.236 e. The summed E-state index contributed by atoms with van der Waals surface area (Å²) in [6.07, 6.45) is 2.56. The van der Waals surface area contributed by atoms with E-state index in [0.29, 0.717) is 18.2 Å². The molecule has 0 bridgehead atoms. The molecule has 1 saturated heterocycles. The van der Waals surface area contributed by atoms with E-state index in [-0.39, 0.29) is 18.4 Å². The summed E-state index contributed by atoms with van der Waals surface area (Å²) in [5.74, 6) is 1.16. The minimum Gasteiger partial charge on any atom is -0.399 e. The average molecular weight is 287 g/mol. The Bertz CT molecular complexity index is 553. The highest BCUT2D eigenvalue weighted by atomic mass is 16.2. The molecule has 2 atom stereocenters. The molecule has 0 saturated carbocycles. The van der Waals surface area contributed by atoms with Gasteiger partial charge in [-0.05, 0) is 18.4 Å². The maximum absolute atomic E-state index is 11.9. The van der Waals surface area contributed by atoms with Gasteiger partial charge in [0.1, 0.15) is 12.2 Å². The molecule has 2 rings (SSSR count). The van der Waals surface area contributed by atoms with Crippen molar-refractivity contribution in [3.8, 4) is 6.07 Å². The van der Waals surface area contributed by atoms with Gasteiger partial charge in [0.15, 0.2) is 0 Å². The van der Waals surface area contributed by atoms with Crippen molar-refractivity contribution in [1.82, 2.24) is 9.88 Å². The molecule has 2 unspecified atom stereocenters. The van der Waals surface area contributed by atoms with Gasteiger partial charge in [-0.25, -0.2) is 4.98 Å². The molecule has 1 fully saturated rings. The fraction of sp³-hybridized carbons (Fsp3) is 0.533. The number of carbonyl (C=O) groups excluding carboxylic acids is 1. The van der Waals surface area contributed by atoms with Crippen LogP contribution in [0, 0.1) is 17.2 Å². The molecule has 2 N–H and O–H groups in total. The van der Waals surface area contributed by atoms with E-state index < -0.39 is 0 Å². The smallest absolute Gasteiger partial charge is 0.236 e. The van der Waals surface area contributed by atoms with Crippen LogP contribution in [-0.4, -0.2) is 42.0 Å². The average Bonchev–Trinajstić information content (AvgIpc) is 2.47. The quantitative estimate of drug-likeness (QED) is 0.904. The second-order valence-corrected chi connectivity index (χ2v) is 5.57. The number of aromatic nitrogens is 1. The monoisotopic (exact) mass is 287 g/mol. The number of likely N-dealkylation sites (N-methyl/N-ethyl adjacent to an activating group) is 1. The lowest BCUT2D eigenvalue weighted by Gasteiger charge is -2.42. The molecular formula is C15H21N5O. The number of nitrogens with two attached hydrogens (primary N) is 1. The molecule has 21 heavy (non-hydrogen) atoms. The van der Waals surface area contributed by atoms with Crippen molar-refractivity contribution in [2.75, 3.05) is 30.8 Å². The summed E-state index contributed by atoms with van der Waals surface area (Å²) in [4.78, 5) is 20.1. The Hall–Kier alpha value is -2.29. The SMILES string of the molecule is CC1CCN(C(=O)CC#N)CC1N(C)c1cc(N)ccn1. The van der Waals surface area contributed by atoms with Crippen molar-refractivity contribution in [3.63, 3.8) is 0 Å². The Morgan fingerprint density at radius 2 is 2.43 bits per heavy atom. The van der Waals surface area contributed by atoms with Crippen LogP contribution in [0.15, 0.2) is 18.3 Å². The standard InChI is InChI=1S/C15H21N5O/c1-11-5-8-20(15(21)3-6-16)10-13(11)19(2)14-9-12(17)4-7-18-14/h4,7,9,11,13H,3,5,8,10H2,1-2H3,(H2,17,18). The van der Waals surface area contributed by atoms with Crippen LogP contribution in [0.25, 0.3) is 0 Å². The van der Waals surface area contributed by atoms with E-state index in [1.165, 1.54) is 0 Å². The van der Waals surface area contributed by atoms with Gasteiger partial charge in [0.2, 0.25) is 5.91 Å². The zero-order valence-electron chi connectivity index (χ0n) is 12.5. The number of piperidine rings is 1. The van der Waals surface area contributed by atoms with Crippen molar-refractivity contribution in [2.24, 2.45) is 5.92 Å². The molecular weight excluding hydrogens is 266 g/mol. The Morgan fingerprint density at radius 1 is 1.67 bits per heavy atom. The zero-order valence-corrected chi connectivity index (χ0v) is 12.5. The number of hydrogen-bond donors (Lipinski definition) is 1. The third kappa shape index (κ3) is 3.43. The van der Waals surface area contributed by atoms with Crippen LogP contribution in [0.3, 0.4) is 0 Å². The molecule has 0 aliphatic carbocycles. The number of nitrogen functional groups attached to an aromatic ring is 1. The van der Waals surface area contributed by atoms with Gasteiger partial charge in [-0.3, -0.25) is 4.79 Å². The molecule has 1 aliphatic rings. The molecule has 1 aromatic rings. The summed E-state index contributed by atoms with van der Waals surface area (Å²) in [5.41, 5.74) is 6.48. The highest BCUT2D eigenvalue weighted by Crippen LogP contribution is 2.25. The van der Waals surface area contributed by atoms with Crippen LogP contribution >= 0.6 is 0 Å². The number of anilines is 2. The van der Waals surface area contributed by atoms with Crippen molar-refractivity contribution >= 4 is 17.4 Å². The Balaban J connectivity index is 2.13. The van der Waals surface area contributed by atoms with Gasteiger partial charge < -0.3 is 15.5 Å². The van der Waals surface area contributed by atoms with Crippen LogP contribution in [-0.2, 0) is 4.79 Å². The number of hydrogen-bond acceptors (Lipinski definition) is 5. The van der Waals surface area contributed by atoms with E-state index in [0.717, 1.165) is 18.8 Å². The highest BCUT2D eigenvalue weighted by Gasteiger charge is 2.31. The Morgan fingerprint density at radius 3 is 3.10 bits per heavy atom. The topological polar surface area (TPSA) is 86.2 Å². The van der Waals surface area contributed by atoms with Crippen molar-refractivity contribution < 1.29 is 4.79 Å². The molecule has 1 amide bonds. The van der Waals surface area contributed by atoms with Crippen LogP contribution in [0.2, 0.25) is 0 Å². The van der Waals surface area contributed by atoms with Gasteiger partial charge in [-0.15, -0.1) is 0 Å². The summed E-state index contributed by atoms with van der Waals surface area (Å²) >= 11 is 0. The minimum atomic E-state index is -0.0941. The van der Waals surface area contributed by atoms with Crippen LogP contribution < -0.4 is 10.6 Å². The second kappa shape index (κ2) is 6.44. The molecule has 0 radical (unpaired) electrons. The summed E-state index contributed by atoms with van der Waals surface area (Å²) < 4.78 is 0. The summed E-state index contributed by atoms with van der Waals surface area (Å²) in [6.45, 7) is 3.52. The molecule has 1 aromatic heterocycles. The molecule has 0 spiro atoms. The van der Waals surface area contributed by atoms with Crippen LogP contribution in [0.5, 0.6) is 0 Å². The number of amides is 1. The van der Waals surface area contributed by atoms with Gasteiger partial charge in [0, 0.05) is 38.1 Å². The Kier molecular flexibility index (Phi) is 4.63. The van der Waals surface area contributed by atoms with E-state index in [2.05, 4.69) is 16.8 Å². The number of pyridine rings is 1. The Labute approximate surface area is 125 Å². The van der Waals surface area contributed by atoms with E-state index in [9.17, 15) is 4.79 Å². The molecule has 1 aliphatic heterocycles. The van der Waals surface area contributed by atoms with Gasteiger partial charge in [-0.1, -0.05) is 6.92 Å². The van der Waals surface area contributed by atoms with Gasteiger partial charge in [0.25, 0.3) is 0 Å². The second-order valence-electron chi connectivity index (χ2n) is 5.57. The van der Waals surface area contributed by atoms with Gasteiger partial charge in [0.05, 0.1) is 12.1 Å². The fourth-order valence-corrected chi connectivity index (χ4v) is 2.76. The van der Waals surface area contributed by atoms with E-state index in [1.54, 1.807) is 17.2 Å². The number of carbonyl (C=O) groups is 1. The zero-order chi connectivity index (χ0) is 15.4. The largest absolute Gasteiger partial charge is 0.399 e. The first-order valence-electron chi connectivity index (χ1n) is 7.12. The molecule has 6 nitrogen and oxygen atoms in total.